The molecular formula is C16H20O3Si. The van der Waals surface area contributed by atoms with Crippen LogP contribution in [0.25, 0.3) is 0 Å². The van der Waals surface area contributed by atoms with Crippen LogP contribution in [0.5, 0.6) is 5.75 Å². The molecule has 0 fully saturated rings. The number of allylic oxidation sites excluding steroid dienone is 2. The van der Waals surface area contributed by atoms with Crippen molar-refractivity contribution >= 4 is 19.9 Å². The average Bonchev–Trinajstić information content (AvgIpc) is 2.32. The number of hydrogen-bond acceptors (Lipinski definition) is 3. The summed E-state index contributed by atoms with van der Waals surface area (Å²) in [6.07, 6.45) is 2.64. The SMILES string of the molecule is CC(C)(C)[Si](C)(C)Oc1cccc2c1C(=O)C=CC2=O. The fourth-order valence-electron chi connectivity index (χ4n) is 1.83. The first kappa shape index (κ1) is 14.7. The lowest BCUT2D eigenvalue weighted by Gasteiger charge is -2.37. The van der Waals surface area contributed by atoms with Gasteiger partial charge >= 0.3 is 0 Å². The zero-order valence-corrected chi connectivity index (χ0v) is 13.6. The summed E-state index contributed by atoms with van der Waals surface area (Å²) < 4.78 is 6.22. The Morgan fingerprint density at radius 1 is 1.00 bits per heavy atom. The molecule has 0 aliphatic heterocycles. The van der Waals surface area contributed by atoms with E-state index in [2.05, 4.69) is 33.9 Å². The van der Waals surface area contributed by atoms with Gasteiger partial charge in [0.05, 0.1) is 5.56 Å². The van der Waals surface area contributed by atoms with Crippen LogP contribution >= 0.6 is 0 Å². The van der Waals surface area contributed by atoms with E-state index in [4.69, 9.17) is 4.43 Å². The second-order valence-electron chi connectivity index (χ2n) is 6.60. The summed E-state index contributed by atoms with van der Waals surface area (Å²) in [6, 6.07) is 5.23. The van der Waals surface area contributed by atoms with Crippen molar-refractivity contribution in [3.8, 4) is 5.75 Å². The molecule has 4 heteroatoms. The molecule has 0 atom stereocenters. The minimum atomic E-state index is -2.04. The second kappa shape index (κ2) is 4.70. The van der Waals surface area contributed by atoms with Crippen LogP contribution in [-0.2, 0) is 0 Å². The van der Waals surface area contributed by atoms with Crippen molar-refractivity contribution in [3.05, 3.63) is 41.5 Å². The molecule has 3 nitrogen and oxygen atoms in total. The topological polar surface area (TPSA) is 43.4 Å². The lowest BCUT2D eigenvalue weighted by Crippen LogP contribution is -2.44. The van der Waals surface area contributed by atoms with Gasteiger partial charge in [-0.05, 0) is 36.4 Å². The highest BCUT2D eigenvalue weighted by molar-refractivity contribution is 6.74. The molecule has 20 heavy (non-hydrogen) atoms. The van der Waals surface area contributed by atoms with Gasteiger partial charge in [0.25, 0.3) is 8.32 Å². The molecule has 106 valence electrons. The molecule has 0 heterocycles. The number of fused-ring (bicyclic) bond motifs is 1. The van der Waals surface area contributed by atoms with Crippen LogP contribution in [-0.4, -0.2) is 19.9 Å². The first-order valence-electron chi connectivity index (χ1n) is 6.72. The maximum atomic E-state index is 12.1. The molecule has 0 N–H and O–H groups in total. The van der Waals surface area contributed by atoms with E-state index in [0.717, 1.165) is 0 Å². The van der Waals surface area contributed by atoms with Gasteiger partial charge in [0.15, 0.2) is 11.6 Å². The van der Waals surface area contributed by atoms with Gasteiger partial charge < -0.3 is 4.43 Å². The highest BCUT2D eigenvalue weighted by atomic mass is 28.4. The average molecular weight is 288 g/mol. The molecule has 0 unspecified atom stereocenters. The van der Waals surface area contributed by atoms with Crippen LogP contribution in [0, 0.1) is 0 Å². The number of rotatable bonds is 2. The largest absolute Gasteiger partial charge is 0.543 e. The third-order valence-corrected chi connectivity index (χ3v) is 8.44. The number of carbonyl (C=O) groups is 2. The molecule has 0 aromatic heterocycles. The van der Waals surface area contributed by atoms with E-state index in [1.54, 1.807) is 18.2 Å². The Morgan fingerprint density at radius 2 is 1.60 bits per heavy atom. The van der Waals surface area contributed by atoms with Crippen molar-refractivity contribution in [2.45, 2.75) is 38.9 Å². The number of ketones is 2. The van der Waals surface area contributed by atoms with E-state index in [0.29, 0.717) is 16.9 Å². The van der Waals surface area contributed by atoms with Crippen molar-refractivity contribution in [1.82, 2.24) is 0 Å². The van der Waals surface area contributed by atoms with Gasteiger partial charge in [0.1, 0.15) is 5.75 Å². The first-order chi connectivity index (χ1) is 9.13. The Bertz CT molecular complexity index is 607. The zero-order valence-electron chi connectivity index (χ0n) is 12.6. The number of hydrogen-bond donors (Lipinski definition) is 0. The predicted octanol–water partition coefficient (Wildman–Crippen LogP) is 4.01. The Kier molecular flexibility index (Phi) is 3.46. The van der Waals surface area contributed by atoms with E-state index in [1.807, 2.05) is 0 Å². The minimum Gasteiger partial charge on any atom is -0.543 e. The second-order valence-corrected chi connectivity index (χ2v) is 11.3. The fourth-order valence-corrected chi connectivity index (χ4v) is 2.85. The highest BCUT2D eigenvalue weighted by Crippen LogP contribution is 2.39. The van der Waals surface area contributed by atoms with Gasteiger partial charge in [-0.3, -0.25) is 9.59 Å². The molecule has 1 aromatic rings. The molecule has 0 radical (unpaired) electrons. The fraction of sp³-hybridized carbons (Fsp3) is 0.375. The number of benzene rings is 1. The molecule has 2 rings (SSSR count). The molecule has 1 aliphatic carbocycles. The van der Waals surface area contributed by atoms with Gasteiger partial charge in [0.2, 0.25) is 0 Å². The highest BCUT2D eigenvalue weighted by Gasteiger charge is 2.40. The minimum absolute atomic E-state index is 0.0350. The van der Waals surface area contributed by atoms with Crippen LogP contribution in [0.1, 0.15) is 41.5 Å². The Labute approximate surface area is 120 Å². The quantitative estimate of drug-likeness (QED) is 0.772. The van der Waals surface area contributed by atoms with Gasteiger partial charge in [-0.15, -0.1) is 0 Å². The molecule has 0 bridgehead atoms. The summed E-state index contributed by atoms with van der Waals surface area (Å²) in [7, 11) is -2.04. The van der Waals surface area contributed by atoms with Crippen molar-refractivity contribution < 1.29 is 14.0 Å². The lowest BCUT2D eigenvalue weighted by molar-refractivity contribution is 0.0992. The molecule has 0 saturated heterocycles. The third-order valence-electron chi connectivity index (χ3n) is 4.10. The van der Waals surface area contributed by atoms with E-state index in [1.165, 1.54) is 12.2 Å². The van der Waals surface area contributed by atoms with Crippen LogP contribution in [0.15, 0.2) is 30.4 Å². The van der Waals surface area contributed by atoms with Gasteiger partial charge in [-0.2, -0.15) is 0 Å². The molecular weight excluding hydrogens is 268 g/mol. The maximum absolute atomic E-state index is 12.1. The maximum Gasteiger partial charge on any atom is 0.250 e. The summed E-state index contributed by atoms with van der Waals surface area (Å²) in [5.74, 6) is 0.242. The molecule has 0 amide bonds. The van der Waals surface area contributed by atoms with Gasteiger partial charge in [0, 0.05) is 5.56 Å². The summed E-state index contributed by atoms with van der Waals surface area (Å²) in [6.45, 7) is 10.7. The third kappa shape index (κ3) is 2.48. The summed E-state index contributed by atoms with van der Waals surface area (Å²) >= 11 is 0. The monoisotopic (exact) mass is 288 g/mol. The molecule has 1 aliphatic rings. The van der Waals surface area contributed by atoms with Crippen molar-refractivity contribution in [2.75, 3.05) is 0 Å². The van der Waals surface area contributed by atoms with Crippen LogP contribution in [0.2, 0.25) is 18.1 Å². The molecule has 0 spiro atoms. The van der Waals surface area contributed by atoms with Crippen molar-refractivity contribution in [2.24, 2.45) is 0 Å². The Hall–Kier alpha value is -1.68. The molecule has 0 saturated carbocycles. The van der Waals surface area contributed by atoms with E-state index >= 15 is 0 Å². The van der Waals surface area contributed by atoms with Gasteiger partial charge in [-0.1, -0.05) is 32.9 Å². The normalized spacial score (nSPS) is 15.2. The summed E-state index contributed by atoms with van der Waals surface area (Å²) in [4.78, 5) is 23.9. The lowest BCUT2D eigenvalue weighted by atomic mass is 9.94. The number of carbonyl (C=O) groups excluding carboxylic acids is 2. The standard InChI is InChI=1S/C16H20O3Si/c1-16(2,3)20(4,5)19-14-8-6-7-11-12(17)9-10-13(18)15(11)14/h6-10H,1-5H3. The van der Waals surface area contributed by atoms with Crippen molar-refractivity contribution in [1.29, 1.82) is 0 Å². The zero-order chi connectivity index (χ0) is 15.1. The van der Waals surface area contributed by atoms with Crippen LogP contribution in [0.3, 0.4) is 0 Å². The van der Waals surface area contributed by atoms with E-state index in [9.17, 15) is 9.59 Å². The van der Waals surface area contributed by atoms with E-state index in [-0.39, 0.29) is 16.6 Å². The predicted molar refractivity (Wildman–Crippen MR) is 82.1 cm³/mol. The first-order valence-corrected chi connectivity index (χ1v) is 9.63. The summed E-state index contributed by atoms with van der Waals surface area (Å²) in [5, 5.41) is 0.0350. The van der Waals surface area contributed by atoms with Crippen LogP contribution in [0.4, 0.5) is 0 Å². The Balaban J connectivity index is 2.49. The van der Waals surface area contributed by atoms with Crippen molar-refractivity contribution in [3.63, 3.8) is 0 Å². The van der Waals surface area contributed by atoms with Gasteiger partial charge in [-0.25, -0.2) is 0 Å². The van der Waals surface area contributed by atoms with Crippen LogP contribution < -0.4 is 4.43 Å². The summed E-state index contributed by atoms with van der Waals surface area (Å²) in [5.41, 5.74) is 0.846. The van der Waals surface area contributed by atoms with E-state index < -0.39 is 8.32 Å². The smallest absolute Gasteiger partial charge is 0.250 e. The molecule has 1 aromatic carbocycles. The Morgan fingerprint density at radius 3 is 2.20 bits per heavy atom.